The molecule has 19 heavy (non-hydrogen) atoms. The van der Waals surface area contributed by atoms with Crippen molar-refractivity contribution in [3.05, 3.63) is 46.1 Å². The Labute approximate surface area is 115 Å². The fourth-order valence-corrected chi connectivity index (χ4v) is 2.17. The monoisotopic (exact) mass is 275 g/mol. The Kier molecular flexibility index (Phi) is 3.66. The van der Waals surface area contributed by atoms with Crippen molar-refractivity contribution in [3.63, 3.8) is 0 Å². The van der Waals surface area contributed by atoms with Gasteiger partial charge in [-0.1, -0.05) is 24.4 Å². The number of H-pyrrole nitrogens is 1. The average molecular weight is 275 g/mol. The summed E-state index contributed by atoms with van der Waals surface area (Å²) in [4.78, 5) is 14.0. The standard InChI is InChI=1S/C14H13NO3S/c1-8-7-10(14(16)17)13(19)15-12(8)9-5-3-4-6-11(9)18-2/h3-7H,1-2H3,(H,15,19)(H,16,17). The molecule has 1 heterocycles. The maximum atomic E-state index is 11.0. The van der Waals surface area contributed by atoms with Gasteiger partial charge in [0.15, 0.2) is 0 Å². The molecule has 0 aliphatic carbocycles. The molecule has 0 saturated heterocycles. The Morgan fingerprint density at radius 2 is 2.05 bits per heavy atom. The van der Waals surface area contributed by atoms with Crippen LogP contribution in [-0.4, -0.2) is 23.2 Å². The quantitative estimate of drug-likeness (QED) is 0.842. The molecule has 4 nitrogen and oxygen atoms in total. The van der Waals surface area contributed by atoms with E-state index in [-0.39, 0.29) is 10.2 Å². The van der Waals surface area contributed by atoms with Gasteiger partial charge in [0.2, 0.25) is 0 Å². The van der Waals surface area contributed by atoms with Crippen molar-refractivity contribution in [3.8, 4) is 17.0 Å². The van der Waals surface area contributed by atoms with Gasteiger partial charge in [-0.15, -0.1) is 0 Å². The molecule has 0 radical (unpaired) electrons. The van der Waals surface area contributed by atoms with Gasteiger partial charge in [0, 0.05) is 5.56 Å². The van der Waals surface area contributed by atoms with Crippen LogP contribution in [-0.2, 0) is 0 Å². The Bertz CT molecular complexity index is 691. The second kappa shape index (κ2) is 5.24. The number of aromatic carboxylic acids is 1. The number of hydrogen-bond donors (Lipinski definition) is 2. The summed E-state index contributed by atoms with van der Waals surface area (Å²) in [5.74, 6) is -0.324. The molecule has 0 spiro atoms. The van der Waals surface area contributed by atoms with Gasteiger partial charge in [-0.25, -0.2) is 4.79 Å². The summed E-state index contributed by atoms with van der Waals surface area (Å²) >= 11 is 5.08. The van der Waals surface area contributed by atoms with Gasteiger partial charge in [0.25, 0.3) is 0 Å². The van der Waals surface area contributed by atoms with E-state index >= 15 is 0 Å². The third kappa shape index (κ3) is 2.51. The highest BCUT2D eigenvalue weighted by atomic mass is 32.1. The zero-order valence-corrected chi connectivity index (χ0v) is 11.4. The summed E-state index contributed by atoms with van der Waals surface area (Å²) in [6.07, 6.45) is 0. The van der Waals surface area contributed by atoms with Crippen LogP contribution in [0.1, 0.15) is 15.9 Å². The van der Waals surface area contributed by atoms with E-state index in [0.717, 1.165) is 16.8 Å². The summed E-state index contributed by atoms with van der Waals surface area (Å²) < 4.78 is 5.51. The number of aromatic nitrogens is 1. The second-order valence-electron chi connectivity index (χ2n) is 4.08. The topological polar surface area (TPSA) is 62.3 Å². The van der Waals surface area contributed by atoms with Crippen molar-refractivity contribution in [1.29, 1.82) is 0 Å². The van der Waals surface area contributed by atoms with Crippen molar-refractivity contribution >= 4 is 18.2 Å². The lowest BCUT2D eigenvalue weighted by Gasteiger charge is -2.11. The molecule has 0 bridgehead atoms. The third-order valence-corrected chi connectivity index (χ3v) is 3.17. The first-order valence-corrected chi connectivity index (χ1v) is 6.06. The van der Waals surface area contributed by atoms with Crippen molar-refractivity contribution in [2.24, 2.45) is 0 Å². The molecule has 0 aliphatic heterocycles. The molecule has 2 N–H and O–H groups in total. The van der Waals surface area contributed by atoms with Gasteiger partial charge in [0.1, 0.15) is 10.4 Å². The molecule has 0 fully saturated rings. The lowest BCUT2D eigenvalue weighted by atomic mass is 10.0. The largest absolute Gasteiger partial charge is 0.496 e. The van der Waals surface area contributed by atoms with Crippen LogP contribution in [0, 0.1) is 11.6 Å². The molecule has 2 rings (SSSR count). The van der Waals surface area contributed by atoms with Gasteiger partial charge in [-0.3, -0.25) is 0 Å². The fourth-order valence-electron chi connectivity index (χ4n) is 1.92. The number of aromatic amines is 1. The minimum Gasteiger partial charge on any atom is -0.496 e. The minimum atomic E-state index is -1.03. The number of carbonyl (C=O) groups is 1. The van der Waals surface area contributed by atoms with Gasteiger partial charge < -0.3 is 14.8 Å². The van der Waals surface area contributed by atoms with Crippen LogP contribution in [0.5, 0.6) is 5.75 Å². The Morgan fingerprint density at radius 1 is 1.37 bits per heavy atom. The van der Waals surface area contributed by atoms with Crippen LogP contribution < -0.4 is 4.74 Å². The van der Waals surface area contributed by atoms with E-state index in [2.05, 4.69) is 4.98 Å². The summed E-state index contributed by atoms with van der Waals surface area (Å²) in [6.45, 7) is 1.83. The first-order chi connectivity index (χ1) is 9.04. The molecular formula is C14H13NO3S. The number of nitrogens with one attached hydrogen (secondary N) is 1. The molecule has 0 amide bonds. The number of carboxylic acid groups (broad SMARTS) is 1. The third-order valence-electron chi connectivity index (χ3n) is 2.85. The Morgan fingerprint density at radius 3 is 2.68 bits per heavy atom. The summed E-state index contributed by atoms with van der Waals surface area (Å²) in [5, 5.41) is 9.04. The SMILES string of the molecule is COc1ccccc1-c1[nH]c(=S)c(C(=O)O)cc1C. The van der Waals surface area contributed by atoms with Crippen molar-refractivity contribution in [2.45, 2.75) is 6.92 Å². The molecular weight excluding hydrogens is 262 g/mol. The number of carboxylic acids is 1. The predicted octanol–water partition coefficient (Wildman–Crippen LogP) is 3.43. The molecule has 0 atom stereocenters. The number of ether oxygens (including phenoxy) is 1. The second-order valence-corrected chi connectivity index (χ2v) is 4.48. The average Bonchev–Trinajstić information content (AvgIpc) is 2.40. The highest BCUT2D eigenvalue weighted by Gasteiger charge is 2.13. The van der Waals surface area contributed by atoms with E-state index in [9.17, 15) is 4.79 Å². The van der Waals surface area contributed by atoms with E-state index in [0.29, 0.717) is 5.75 Å². The molecule has 2 aromatic rings. The zero-order chi connectivity index (χ0) is 14.0. The maximum absolute atomic E-state index is 11.0. The molecule has 0 saturated carbocycles. The van der Waals surface area contributed by atoms with Gasteiger partial charge in [0.05, 0.1) is 18.4 Å². The number of rotatable bonds is 3. The van der Waals surface area contributed by atoms with Crippen molar-refractivity contribution in [2.75, 3.05) is 7.11 Å². The Hall–Kier alpha value is -2.14. The van der Waals surface area contributed by atoms with E-state index in [1.165, 1.54) is 0 Å². The summed E-state index contributed by atoms with van der Waals surface area (Å²) in [5.41, 5.74) is 2.53. The van der Waals surface area contributed by atoms with Crippen LogP contribution in [0.15, 0.2) is 30.3 Å². The van der Waals surface area contributed by atoms with Crippen molar-refractivity contribution in [1.82, 2.24) is 4.98 Å². The molecule has 5 heteroatoms. The maximum Gasteiger partial charge on any atom is 0.338 e. The number of benzene rings is 1. The molecule has 1 aromatic carbocycles. The predicted molar refractivity (Wildman–Crippen MR) is 75.3 cm³/mol. The van der Waals surface area contributed by atoms with Crippen molar-refractivity contribution < 1.29 is 14.6 Å². The molecule has 0 unspecified atom stereocenters. The number of methoxy groups -OCH3 is 1. The van der Waals surface area contributed by atoms with Gasteiger partial charge >= 0.3 is 5.97 Å². The lowest BCUT2D eigenvalue weighted by molar-refractivity contribution is 0.0695. The van der Waals surface area contributed by atoms with Gasteiger partial charge in [-0.05, 0) is 30.7 Å². The number of aryl methyl sites for hydroxylation is 1. The first-order valence-electron chi connectivity index (χ1n) is 5.65. The van der Waals surface area contributed by atoms with E-state index < -0.39 is 5.97 Å². The highest BCUT2D eigenvalue weighted by molar-refractivity contribution is 7.71. The molecule has 1 aromatic heterocycles. The number of hydrogen-bond acceptors (Lipinski definition) is 3. The lowest BCUT2D eigenvalue weighted by Crippen LogP contribution is -2.02. The summed E-state index contributed by atoms with van der Waals surface area (Å²) in [7, 11) is 1.59. The fraction of sp³-hybridized carbons (Fsp3) is 0.143. The van der Waals surface area contributed by atoms with Crippen LogP contribution in [0.3, 0.4) is 0 Å². The van der Waals surface area contributed by atoms with E-state index in [1.54, 1.807) is 13.2 Å². The van der Waals surface area contributed by atoms with Crippen LogP contribution in [0.25, 0.3) is 11.3 Å². The van der Waals surface area contributed by atoms with E-state index in [1.807, 2.05) is 31.2 Å². The number of para-hydroxylation sites is 1. The zero-order valence-electron chi connectivity index (χ0n) is 10.6. The van der Waals surface area contributed by atoms with Crippen LogP contribution in [0.4, 0.5) is 0 Å². The highest BCUT2D eigenvalue weighted by Crippen LogP contribution is 2.30. The van der Waals surface area contributed by atoms with Crippen LogP contribution >= 0.6 is 12.2 Å². The minimum absolute atomic E-state index is 0.103. The van der Waals surface area contributed by atoms with E-state index in [4.69, 9.17) is 22.1 Å². The smallest absolute Gasteiger partial charge is 0.338 e. The number of pyridine rings is 1. The molecule has 98 valence electrons. The van der Waals surface area contributed by atoms with Gasteiger partial charge in [-0.2, -0.15) is 0 Å². The normalized spacial score (nSPS) is 10.2. The summed E-state index contributed by atoms with van der Waals surface area (Å²) in [6, 6.07) is 9.07. The Balaban J connectivity index is 2.67. The van der Waals surface area contributed by atoms with Crippen LogP contribution in [0.2, 0.25) is 0 Å². The molecule has 0 aliphatic rings. The first kappa shape index (κ1) is 13.3.